The van der Waals surface area contributed by atoms with Crippen LogP contribution in [0.1, 0.15) is 18.4 Å². The van der Waals surface area contributed by atoms with E-state index in [-0.39, 0.29) is 12.4 Å². The number of rotatable bonds is 6. The fourth-order valence-corrected chi connectivity index (χ4v) is 1.03. The number of hydrogen-bond donors (Lipinski definition) is 1. The average molecular weight is 238 g/mol. The molecule has 0 saturated carbocycles. The van der Waals surface area contributed by atoms with E-state index in [9.17, 15) is 13.2 Å². The van der Waals surface area contributed by atoms with Crippen molar-refractivity contribution in [3.8, 4) is 0 Å². The molecule has 0 aliphatic rings. The molecule has 92 valence electrons. The molecule has 1 heterocycles. The van der Waals surface area contributed by atoms with Crippen molar-refractivity contribution >= 4 is 0 Å². The topological polar surface area (TPSA) is 47.3 Å². The van der Waals surface area contributed by atoms with E-state index in [2.05, 4.69) is 15.2 Å². The van der Waals surface area contributed by atoms with Crippen LogP contribution < -0.4 is 5.32 Å². The highest BCUT2D eigenvalue weighted by atomic mass is 19.4. The summed E-state index contributed by atoms with van der Waals surface area (Å²) >= 11 is 0. The summed E-state index contributed by atoms with van der Waals surface area (Å²) in [4.78, 5) is 0. The van der Waals surface area contributed by atoms with Crippen LogP contribution in [0, 0.1) is 0 Å². The van der Waals surface area contributed by atoms with Gasteiger partial charge in [0, 0.05) is 12.6 Å². The van der Waals surface area contributed by atoms with Crippen LogP contribution in [0.25, 0.3) is 0 Å². The minimum Gasteiger partial charge on any atom is -0.364 e. The summed E-state index contributed by atoms with van der Waals surface area (Å²) in [5.41, 5.74) is 0.646. The molecule has 0 bridgehead atoms. The first-order chi connectivity index (χ1) is 7.51. The van der Waals surface area contributed by atoms with E-state index in [0.717, 1.165) is 6.54 Å². The number of aromatic nitrogens is 1. The molecule has 1 aromatic heterocycles. The third kappa shape index (κ3) is 5.13. The van der Waals surface area contributed by atoms with Gasteiger partial charge in [-0.15, -0.1) is 0 Å². The summed E-state index contributed by atoms with van der Waals surface area (Å²) in [5, 5.41) is 6.68. The zero-order chi connectivity index (χ0) is 12.0. The van der Waals surface area contributed by atoms with Gasteiger partial charge in [0.1, 0.15) is 13.2 Å². The summed E-state index contributed by atoms with van der Waals surface area (Å²) in [6, 6.07) is 1.57. The van der Waals surface area contributed by atoms with Gasteiger partial charge in [-0.2, -0.15) is 13.2 Å². The van der Waals surface area contributed by atoms with E-state index >= 15 is 0 Å². The smallest absolute Gasteiger partial charge is 0.364 e. The zero-order valence-corrected chi connectivity index (χ0v) is 8.80. The molecule has 16 heavy (non-hydrogen) atoms. The molecule has 1 aromatic rings. The summed E-state index contributed by atoms with van der Waals surface area (Å²) in [6.45, 7) is 1.74. The van der Waals surface area contributed by atoms with Crippen molar-refractivity contribution in [2.45, 2.75) is 26.3 Å². The first-order valence-electron chi connectivity index (χ1n) is 4.81. The maximum atomic E-state index is 11.7. The quantitative estimate of drug-likeness (QED) is 0.821. The molecule has 0 spiro atoms. The minimum atomic E-state index is -4.31. The Morgan fingerprint density at radius 3 is 2.88 bits per heavy atom. The summed E-state index contributed by atoms with van der Waals surface area (Å²) < 4.78 is 44.5. The van der Waals surface area contributed by atoms with E-state index in [0.29, 0.717) is 12.2 Å². The lowest BCUT2D eigenvalue weighted by atomic mass is 10.3. The van der Waals surface area contributed by atoms with Crippen LogP contribution in [0.3, 0.4) is 0 Å². The maximum Gasteiger partial charge on any atom is 0.411 e. The first kappa shape index (κ1) is 13.0. The monoisotopic (exact) mass is 238 g/mol. The SMILES string of the molecule is CCNCc1cc(COCC(F)(F)F)on1. The summed E-state index contributed by atoms with van der Waals surface area (Å²) in [7, 11) is 0. The summed E-state index contributed by atoms with van der Waals surface area (Å²) in [5.74, 6) is 0.289. The van der Waals surface area contributed by atoms with Gasteiger partial charge in [-0.05, 0) is 6.54 Å². The van der Waals surface area contributed by atoms with E-state index in [1.165, 1.54) is 0 Å². The van der Waals surface area contributed by atoms with Gasteiger partial charge >= 0.3 is 6.18 Å². The van der Waals surface area contributed by atoms with Crippen LogP contribution in [0.2, 0.25) is 0 Å². The number of ether oxygens (including phenoxy) is 1. The van der Waals surface area contributed by atoms with Crippen molar-refractivity contribution < 1.29 is 22.4 Å². The van der Waals surface area contributed by atoms with Crippen LogP contribution in [0.4, 0.5) is 13.2 Å². The molecule has 0 aliphatic heterocycles. The van der Waals surface area contributed by atoms with Crippen molar-refractivity contribution in [2.75, 3.05) is 13.2 Å². The highest BCUT2D eigenvalue weighted by molar-refractivity contribution is 5.04. The second-order valence-electron chi connectivity index (χ2n) is 3.17. The molecule has 0 amide bonds. The Hall–Kier alpha value is -1.08. The van der Waals surface area contributed by atoms with Gasteiger partial charge in [-0.3, -0.25) is 0 Å². The molecular formula is C9H13F3N2O2. The molecule has 0 radical (unpaired) electrons. The van der Waals surface area contributed by atoms with Gasteiger partial charge in [0.25, 0.3) is 0 Å². The molecular weight excluding hydrogens is 225 g/mol. The van der Waals surface area contributed by atoms with Gasteiger partial charge in [-0.25, -0.2) is 0 Å². The van der Waals surface area contributed by atoms with Crippen LogP contribution in [0.15, 0.2) is 10.6 Å². The van der Waals surface area contributed by atoms with E-state index < -0.39 is 12.8 Å². The third-order valence-corrected chi connectivity index (χ3v) is 1.67. The van der Waals surface area contributed by atoms with Gasteiger partial charge in [-0.1, -0.05) is 12.1 Å². The normalized spacial score (nSPS) is 12.0. The highest BCUT2D eigenvalue weighted by Gasteiger charge is 2.27. The molecule has 0 atom stereocenters. The molecule has 0 saturated heterocycles. The Morgan fingerprint density at radius 2 is 2.25 bits per heavy atom. The Bertz CT molecular complexity index is 312. The standard InChI is InChI=1S/C9H13F3N2O2/c1-2-13-4-7-3-8(16-14-7)5-15-6-9(10,11)12/h3,13H,2,4-6H2,1H3. The van der Waals surface area contributed by atoms with Crippen molar-refractivity contribution in [3.63, 3.8) is 0 Å². The van der Waals surface area contributed by atoms with Gasteiger partial charge in [0.05, 0.1) is 5.69 Å². The molecule has 0 fully saturated rings. The molecule has 0 aromatic carbocycles. The number of nitrogens with one attached hydrogen (secondary N) is 1. The lowest BCUT2D eigenvalue weighted by molar-refractivity contribution is -0.177. The summed E-state index contributed by atoms with van der Waals surface area (Å²) in [6.07, 6.45) is -4.31. The van der Waals surface area contributed by atoms with Crippen LogP contribution in [-0.4, -0.2) is 24.5 Å². The second-order valence-corrected chi connectivity index (χ2v) is 3.17. The second kappa shape index (κ2) is 5.86. The average Bonchev–Trinajstić information content (AvgIpc) is 2.61. The van der Waals surface area contributed by atoms with Crippen LogP contribution in [-0.2, 0) is 17.9 Å². The third-order valence-electron chi connectivity index (χ3n) is 1.67. The molecule has 0 unspecified atom stereocenters. The molecule has 1 N–H and O–H groups in total. The van der Waals surface area contributed by atoms with E-state index in [1.807, 2.05) is 6.92 Å². The zero-order valence-electron chi connectivity index (χ0n) is 8.80. The lowest BCUT2D eigenvalue weighted by Crippen LogP contribution is -2.16. The van der Waals surface area contributed by atoms with Crippen LogP contribution in [0.5, 0.6) is 0 Å². The van der Waals surface area contributed by atoms with E-state index in [1.54, 1.807) is 6.07 Å². The van der Waals surface area contributed by atoms with E-state index in [4.69, 9.17) is 4.52 Å². The number of alkyl halides is 3. The van der Waals surface area contributed by atoms with Crippen molar-refractivity contribution in [2.24, 2.45) is 0 Å². The largest absolute Gasteiger partial charge is 0.411 e. The van der Waals surface area contributed by atoms with Crippen molar-refractivity contribution in [1.82, 2.24) is 10.5 Å². The Kier molecular flexibility index (Phi) is 4.75. The maximum absolute atomic E-state index is 11.7. The predicted molar refractivity (Wildman–Crippen MR) is 49.6 cm³/mol. The molecule has 7 heteroatoms. The predicted octanol–water partition coefficient (Wildman–Crippen LogP) is 1.86. The van der Waals surface area contributed by atoms with Gasteiger partial charge in [0.15, 0.2) is 5.76 Å². The van der Waals surface area contributed by atoms with Crippen molar-refractivity contribution in [1.29, 1.82) is 0 Å². The van der Waals surface area contributed by atoms with Gasteiger partial charge < -0.3 is 14.6 Å². The molecule has 1 rings (SSSR count). The fraction of sp³-hybridized carbons (Fsp3) is 0.667. The molecule has 0 aliphatic carbocycles. The van der Waals surface area contributed by atoms with Crippen molar-refractivity contribution in [3.05, 3.63) is 17.5 Å². The Labute approximate surface area is 90.7 Å². The lowest BCUT2D eigenvalue weighted by Gasteiger charge is -2.04. The van der Waals surface area contributed by atoms with Gasteiger partial charge in [0.2, 0.25) is 0 Å². The molecule has 4 nitrogen and oxygen atoms in total. The number of hydrogen-bond acceptors (Lipinski definition) is 4. The minimum absolute atomic E-state index is 0.224. The Balaban J connectivity index is 2.29. The van der Waals surface area contributed by atoms with Crippen LogP contribution >= 0.6 is 0 Å². The number of halogens is 3. The highest BCUT2D eigenvalue weighted by Crippen LogP contribution is 2.15. The number of nitrogens with zero attached hydrogens (tertiary/aromatic N) is 1. The Morgan fingerprint density at radius 1 is 1.50 bits per heavy atom. The first-order valence-corrected chi connectivity index (χ1v) is 4.81. The fourth-order valence-electron chi connectivity index (χ4n) is 1.03.